The predicted octanol–water partition coefficient (Wildman–Crippen LogP) is 3.60. The molecule has 0 spiro atoms. The summed E-state index contributed by atoms with van der Waals surface area (Å²) in [7, 11) is 0. The summed E-state index contributed by atoms with van der Waals surface area (Å²) in [6.45, 7) is 4.32. The van der Waals surface area contributed by atoms with Crippen LogP contribution in [0.5, 0.6) is 0 Å². The van der Waals surface area contributed by atoms with Crippen LogP contribution in [0.2, 0.25) is 0 Å². The molecule has 3 heteroatoms. The van der Waals surface area contributed by atoms with E-state index in [-0.39, 0.29) is 11.9 Å². The van der Waals surface area contributed by atoms with Crippen molar-refractivity contribution in [2.24, 2.45) is 5.92 Å². The highest BCUT2D eigenvalue weighted by atomic mass is 16.1. The molecule has 2 rings (SSSR count). The number of hydrogen-bond acceptors (Lipinski definition) is 2. The van der Waals surface area contributed by atoms with Gasteiger partial charge in [-0.1, -0.05) is 44.2 Å². The van der Waals surface area contributed by atoms with E-state index in [0.29, 0.717) is 11.5 Å². The summed E-state index contributed by atoms with van der Waals surface area (Å²) < 4.78 is 0. The molecule has 0 unspecified atom stereocenters. The minimum Gasteiger partial charge on any atom is -0.345 e. The van der Waals surface area contributed by atoms with Gasteiger partial charge in [-0.05, 0) is 30.0 Å². The Morgan fingerprint density at radius 1 is 1.15 bits per heavy atom. The van der Waals surface area contributed by atoms with Gasteiger partial charge in [-0.25, -0.2) is 0 Å². The Kier molecular flexibility index (Phi) is 4.88. The Bertz CT molecular complexity index is 537. The average molecular weight is 268 g/mol. The highest BCUT2D eigenvalue weighted by Gasteiger charge is 2.16. The molecule has 1 amide bonds. The molecule has 1 aromatic carbocycles. The van der Waals surface area contributed by atoms with Gasteiger partial charge in [0.2, 0.25) is 0 Å². The van der Waals surface area contributed by atoms with Gasteiger partial charge in [0, 0.05) is 12.4 Å². The third-order valence-corrected chi connectivity index (χ3v) is 3.14. The fraction of sp³-hybridized carbons (Fsp3) is 0.294. The maximum absolute atomic E-state index is 12.3. The number of carbonyl (C=O) groups is 1. The fourth-order valence-electron chi connectivity index (χ4n) is 2.17. The van der Waals surface area contributed by atoms with Crippen molar-refractivity contribution in [1.82, 2.24) is 10.3 Å². The largest absolute Gasteiger partial charge is 0.345 e. The Morgan fingerprint density at radius 3 is 2.50 bits per heavy atom. The summed E-state index contributed by atoms with van der Waals surface area (Å²) >= 11 is 0. The third-order valence-electron chi connectivity index (χ3n) is 3.14. The van der Waals surface area contributed by atoms with Gasteiger partial charge in [0.1, 0.15) is 0 Å². The minimum atomic E-state index is -0.0763. The van der Waals surface area contributed by atoms with Crippen molar-refractivity contribution in [2.45, 2.75) is 26.3 Å². The Hall–Kier alpha value is -2.16. The van der Waals surface area contributed by atoms with Crippen LogP contribution in [0, 0.1) is 5.92 Å². The summed E-state index contributed by atoms with van der Waals surface area (Å²) in [5.74, 6) is 0.432. The first-order chi connectivity index (χ1) is 9.66. The topological polar surface area (TPSA) is 42.0 Å². The summed E-state index contributed by atoms with van der Waals surface area (Å²) in [6.07, 6.45) is 4.17. The quantitative estimate of drug-likeness (QED) is 0.900. The van der Waals surface area contributed by atoms with Gasteiger partial charge in [0.05, 0.1) is 11.6 Å². The maximum Gasteiger partial charge on any atom is 0.253 e. The summed E-state index contributed by atoms with van der Waals surface area (Å²) in [5, 5.41) is 3.10. The lowest BCUT2D eigenvalue weighted by molar-refractivity contribution is 0.0931. The van der Waals surface area contributed by atoms with Crippen molar-refractivity contribution in [1.29, 1.82) is 0 Å². The third kappa shape index (κ3) is 3.92. The van der Waals surface area contributed by atoms with Crippen LogP contribution in [0.25, 0.3) is 0 Å². The molecule has 0 radical (unpaired) electrons. The number of rotatable bonds is 5. The van der Waals surface area contributed by atoms with Gasteiger partial charge in [0.15, 0.2) is 0 Å². The number of nitrogens with zero attached hydrogens (tertiary/aromatic N) is 1. The van der Waals surface area contributed by atoms with E-state index in [4.69, 9.17) is 0 Å². The van der Waals surface area contributed by atoms with E-state index in [9.17, 15) is 4.79 Å². The van der Waals surface area contributed by atoms with E-state index >= 15 is 0 Å². The molecule has 1 N–H and O–H groups in total. The molecule has 2 aromatic rings. The normalized spacial score (nSPS) is 12.2. The number of aromatic nitrogens is 1. The van der Waals surface area contributed by atoms with Gasteiger partial charge in [-0.3, -0.25) is 9.78 Å². The van der Waals surface area contributed by atoms with Gasteiger partial charge >= 0.3 is 0 Å². The van der Waals surface area contributed by atoms with Crippen LogP contribution in [-0.2, 0) is 0 Å². The first-order valence-corrected chi connectivity index (χ1v) is 6.92. The van der Waals surface area contributed by atoms with Crippen LogP contribution in [0.1, 0.15) is 42.2 Å². The molecular formula is C17H20N2O. The van der Waals surface area contributed by atoms with Crippen molar-refractivity contribution >= 4 is 5.91 Å². The fourth-order valence-corrected chi connectivity index (χ4v) is 2.17. The molecule has 0 aliphatic rings. The van der Waals surface area contributed by atoms with Crippen molar-refractivity contribution in [3.63, 3.8) is 0 Å². The van der Waals surface area contributed by atoms with Crippen LogP contribution in [0.15, 0.2) is 54.9 Å². The Labute approximate surface area is 120 Å². The first-order valence-electron chi connectivity index (χ1n) is 6.92. The van der Waals surface area contributed by atoms with Crippen molar-refractivity contribution in [3.8, 4) is 0 Å². The molecule has 0 aliphatic heterocycles. The number of nitrogens with one attached hydrogen (secondary N) is 1. The van der Waals surface area contributed by atoms with Gasteiger partial charge in [-0.15, -0.1) is 0 Å². The van der Waals surface area contributed by atoms with Crippen LogP contribution >= 0.6 is 0 Å². The molecule has 1 heterocycles. The number of hydrogen-bond donors (Lipinski definition) is 1. The SMILES string of the molecule is CC(C)C[C@@H](NC(=O)c1cccnc1)c1ccccc1. The smallest absolute Gasteiger partial charge is 0.253 e. The Morgan fingerprint density at radius 2 is 1.90 bits per heavy atom. The molecule has 0 fully saturated rings. The highest BCUT2D eigenvalue weighted by molar-refractivity contribution is 5.94. The van der Waals surface area contributed by atoms with Gasteiger partial charge in [-0.2, -0.15) is 0 Å². The zero-order valence-corrected chi connectivity index (χ0v) is 11.9. The summed E-state index contributed by atoms with van der Waals surface area (Å²) in [4.78, 5) is 16.2. The lowest BCUT2D eigenvalue weighted by Crippen LogP contribution is -2.29. The van der Waals surface area contributed by atoms with E-state index in [1.54, 1.807) is 24.5 Å². The Balaban J connectivity index is 2.14. The number of carbonyl (C=O) groups excluding carboxylic acids is 1. The molecular weight excluding hydrogens is 248 g/mol. The van der Waals surface area contributed by atoms with Crippen LogP contribution in [-0.4, -0.2) is 10.9 Å². The molecule has 20 heavy (non-hydrogen) atoms. The maximum atomic E-state index is 12.3. The minimum absolute atomic E-state index is 0.0314. The van der Waals surface area contributed by atoms with E-state index in [1.165, 1.54) is 0 Å². The molecule has 104 valence electrons. The molecule has 3 nitrogen and oxygen atoms in total. The number of pyridine rings is 1. The molecule has 0 saturated heterocycles. The van der Waals surface area contributed by atoms with E-state index in [2.05, 4.69) is 36.3 Å². The molecule has 0 bridgehead atoms. The second-order valence-corrected chi connectivity index (χ2v) is 5.31. The average Bonchev–Trinajstić information content (AvgIpc) is 2.48. The predicted molar refractivity (Wildman–Crippen MR) is 80.3 cm³/mol. The lowest BCUT2D eigenvalue weighted by atomic mass is 9.97. The van der Waals surface area contributed by atoms with Crippen LogP contribution in [0.4, 0.5) is 0 Å². The molecule has 1 aromatic heterocycles. The van der Waals surface area contributed by atoms with Crippen molar-refractivity contribution < 1.29 is 4.79 Å². The van der Waals surface area contributed by atoms with Crippen LogP contribution < -0.4 is 5.32 Å². The molecule has 1 atom stereocenters. The van der Waals surface area contributed by atoms with Crippen LogP contribution in [0.3, 0.4) is 0 Å². The second-order valence-electron chi connectivity index (χ2n) is 5.31. The zero-order chi connectivity index (χ0) is 14.4. The monoisotopic (exact) mass is 268 g/mol. The number of amides is 1. The van der Waals surface area contributed by atoms with E-state index in [1.807, 2.05) is 18.2 Å². The lowest BCUT2D eigenvalue weighted by Gasteiger charge is -2.21. The molecule has 0 saturated carbocycles. The summed E-state index contributed by atoms with van der Waals surface area (Å²) in [5.41, 5.74) is 1.73. The second kappa shape index (κ2) is 6.85. The zero-order valence-electron chi connectivity index (χ0n) is 11.9. The van der Waals surface area contributed by atoms with Crippen molar-refractivity contribution in [3.05, 3.63) is 66.0 Å². The number of benzene rings is 1. The van der Waals surface area contributed by atoms with Gasteiger partial charge < -0.3 is 5.32 Å². The van der Waals surface area contributed by atoms with Gasteiger partial charge in [0.25, 0.3) is 5.91 Å². The summed E-state index contributed by atoms with van der Waals surface area (Å²) in [6, 6.07) is 13.7. The first kappa shape index (κ1) is 14.3. The highest BCUT2D eigenvalue weighted by Crippen LogP contribution is 2.21. The standard InChI is InChI=1S/C17H20N2O/c1-13(2)11-16(14-7-4-3-5-8-14)19-17(20)15-9-6-10-18-12-15/h3-10,12-13,16H,11H2,1-2H3,(H,19,20)/t16-/m1/s1. The van der Waals surface area contributed by atoms with E-state index in [0.717, 1.165) is 12.0 Å². The van der Waals surface area contributed by atoms with E-state index < -0.39 is 0 Å². The molecule has 0 aliphatic carbocycles. The van der Waals surface area contributed by atoms with Crippen molar-refractivity contribution in [2.75, 3.05) is 0 Å².